The van der Waals surface area contributed by atoms with Crippen LogP contribution in [0.25, 0.3) is 0 Å². The lowest BCUT2D eigenvalue weighted by atomic mass is 10.2. The van der Waals surface area contributed by atoms with Crippen LogP contribution in [0.3, 0.4) is 0 Å². The SMILES string of the molecule is CS(=O)(=O)Oc1cccc2c1Nc1ccccc1S2. The van der Waals surface area contributed by atoms with Crippen molar-refractivity contribution in [2.45, 2.75) is 9.79 Å². The molecule has 4 nitrogen and oxygen atoms in total. The number of hydrogen-bond acceptors (Lipinski definition) is 5. The van der Waals surface area contributed by atoms with Gasteiger partial charge in [0.1, 0.15) is 0 Å². The molecule has 6 heteroatoms. The second kappa shape index (κ2) is 4.47. The van der Waals surface area contributed by atoms with Gasteiger partial charge in [-0.2, -0.15) is 8.42 Å². The fourth-order valence-corrected chi connectivity index (χ4v) is 3.34. The number of rotatable bonds is 2. The van der Waals surface area contributed by atoms with Crippen LogP contribution in [0.4, 0.5) is 11.4 Å². The summed E-state index contributed by atoms with van der Waals surface area (Å²) in [4.78, 5) is 2.05. The third-order valence-electron chi connectivity index (χ3n) is 2.60. The lowest BCUT2D eigenvalue weighted by Crippen LogP contribution is -2.09. The molecule has 0 spiro atoms. The average molecular weight is 293 g/mol. The predicted octanol–water partition coefficient (Wildman–Crippen LogP) is 3.23. The third-order valence-corrected chi connectivity index (χ3v) is 4.21. The highest BCUT2D eigenvalue weighted by molar-refractivity contribution is 7.99. The molecule has 1 aliphatic rings. The largest absolute Gasteiger partial charge is 0.380 e. The lowest BCUT2D eigenvalue weighted by Gasteiger charge is -2.22. The average Bonchev–Trinajstić information content (AvgIpc) is 2.35. The fraction of sp³-hybridized carbons (Fsp3) is 0.0769. The first kappa shape index (κ1) is 12.4. The summed E-state index contributed by atoms with van der Waals surface area (Å²) in [6.07, 6.45) is 1.04. The van der Waals surface area contributed by atoms with E-state index in [4.69, 9.17) is 4.18 Å². The molecule has 2 aromatic rings. The normalized spacial score (nSPS) is 13.1. The van der Waals surface area contributed by atoms with Gasteiger partial charge in [-0.25, -0.2) is 0 Å². The highest BCUT2D eigenvalue weighted by Gasteiger charge is 2.20. The van der Waals surface area contributed by atoms with Gasteiger partial charge in [0.15, 0.2) is 5.75 Å². The van der Waals surface area contributed by atoms with E-state index in [1.54, 1.807) is 23.9 Å². The Morgan fingerprint density at radius 1 is 1.05 bits per heavy atom. The van der Waals surface area contributed by atoms with E-state index in [1.807, 2.05) is 30.3 Å². The molecule has 98 valence electrons. The quantitative estimate of drug-likeness (QED) is 0.735. The van der Waals surface area contributed by atoms with Gasteiger partial charge in [0.2, 0.25) is 0 Å². The molecule has 0 fully saturated rings. The van der Waals surface area contributed by atoms with Crippen LogP contribution in [-0.2, 0) is 10.1 Å². The van der Waals surface area contributed by atoms with Crippen LogP contribution in [0.5, 0.6) is 5.75 Å². The van der Waals surface area contributed by atoms with Gasteiger partial charge in [-0.1, -0.05) is 30.0 Å². The van der Waals surface area contributed by atoms with Crippen LogP contribution in [0, 0.1) is 0 Å². The van der Waals surface area contributed by atoms with Gasteiger partial charge in [-0.3, -0.25) is 0 Å². The number of benzene rings is 2. The highest BCUT2D eigenvalue weighted by Crippen LogP contribution is 2.47. The molecule has 0 aromatic heterocycles. The van der Waals surface area contributed by atoms with Crippen molar-refractivity contribution >= 4 is 33.3 Å². The van der Waals surface area contributed by atoms with Crippen molar-refractivity contribution in [3.63, 3.8) is 0 Å². The van der Waals surface area contributed by atoms with Gasteiger partial charge >= 0.3 is 10.1 Å². The number of anilines is 2. The third kappa shape index (κ3) is 2.54. The Kier molecular flexibility index (Phi) is 2.91. The zero-order valence-electron chi connectivity index (χ0n) is 10.1. The molecule has 1 heterocycles. The van der Waals surface area contributed by atoms with E-state index in [0.29, 0.717) is 11.4 Å². The lowest BCUT2D eigenvalue weighted by molar-refractivity contribution is 0.493. The molecule has 19 heavy (non-hydrogen) atoms. The summed E-state index contributed by atoms with van der Waals surface area (Å²) < 4.78 is 27.6. The maximum atomic E-state index is 11.3. The van der Waals surface area contributed by atoms with E-state index in [9.17, 15) is 8.42 Å². The standard InChI is InChI=1S/C13H11NO3S2/c1-19(15,16)17-10-6-4-8-12-13(10)14-9-5-2-3-7-11(9)18-12/h2-8,14H,1H3. The van der Waals surface area contributed by atoms with E-state index in [-0.39, 0.29) is 0 Å². The number of hydrogen-bond donors (Lipinski definition) is 1. The first-order chi connectivity index (χ1) is 9.03. The molecule has 0 amide bonds. The molecule has 0 saturated heterocycles. The summed E-state index contributed by atoms with van der Waals surface area (Å²) in [6.45, 7) is 0. The Labute approximate surface area is 115 Å². The molecule has 0 radical (unpaired) electrons. The first-order valence-electron chi connectivity index (χ1n) is 5.59. The van der Waals surface area contributed by atoms with E-state index in [1.165, 1.54) is 0 Å². The zero-order valence-corrected chi connectivity index (χ0v) is 11.7. The van der Waals surface area contributed by atoms with Crippen LogP contribution in [0.2, 0.25) is 0 Å². The van der Waals surface area contributed by atoms with E-state index in [0.717, 1.165) is 21.7 Å². The summed E-state index contributed by atoms with van der Waals surface area (Å²) in [5.41, 5.74) is 1.64. The zero-order chi connectivity index (χ0) is 13.5. The van der Waals surface area contributed by atoms with E-state index >= 15 is 0 Å². The summed E-state index contributed by atoms with van der Waals surface area (Å²) >= 11 is 1.59. The molecule has 1 aliphatic heterocycles. The summed E-state index contributed by atoms with van der Waals surface area (Å²) in [5, 5.41) is 3.22. The minimum absolute atomic E-state index is 0.321. The van der Waals surface area contributed by atoms with Crippen LogP contribution in [0.1, 0.15) is 0 Å². The minimum atomic E-state index is -3.54. The van der Waals surface area contributed by atoms with Crippen molar-refractivity contribution < 1.29 is 12.6 Å². The van der Waals surface area contributed by atoms with E-state index in [2.05, 4.69) is 5.32 Å². The molecule has 1 N–H and O–H groups in total. The Morgan fingerprint density at radius 3 is 2.58 bits per heavy atom. The van der Waals surface area contributed by atoms with Gasteiger partial charge in [0.05, 0.1) is 17.6 Å². The molecule has 0 aliphatic carbocycles. The maximum Gasteiger partial charge on any atom is 0.306 e. The molecule has 0 unspecified atom stereocenters. The van der Waals surface area contributed by atoms with Crippen molar-refractivity contribution in [2.75, 3.05) is 11.6 Å². The van der Waals surface area contributed by atoms with Crippen LogP contribution in [-0.4, -0.2) is 14.7 Å². The van der Waals surface area contributed by atoms with Crippen molar-refractivity contribution in [3.8, 4) is 5.75 Å². The van der Waals surface area contributed by atoms with Gasteiger partial charge in [-0.05, 0) is 24.3 Å². The second-order valence-corrected chi connectivity index (χ2v) is 6.80. The Balaban J connectivity index is 2.06. The number of para-hydroxylation sites is 2. The minimum Gasteiger partial charge on any atom is -0.380 e. The molecule has 0 bridgehead atoms. The molecular formula is C13H11NO3S2. The van der Waals surface area contributed by atoms with Gasteiger partial charge in [0, 0.05) is 9.79 Å². The van der Waals surface area contributed by atoms with E-state index < -0.39 is 10.1 Å². The molecular weight excluding hydrogens is 282 g/mol. The summed E-state index contributed by atoms with van der Waals surface area (Å²) in [6, 6.07) is 13.2. The Hall–Kier alpha value is -1.66. The monoisotopic (exact) mass is 293 g/mol. The van der Waals surface area contributed by atoms with Crippen molar-refractivity contribution in [3.05, 3.63) is 42.5 Å². The predicted molar refractivity (Wildman–Crippen MR) is 75.8 cm³/mol. The Morgan fingerprint density at radius 2 is 1.79 bits per heavy atom. The number of nitrogens with one attached hydrogen (secondary N) is 1. The molecule has 0 saturated carbocycles. The van der Waals surface area contributed by atoms with Gasteiger partial charge in [0.25, 0.3) is 0 Å². The number of fused-ring (bicyclic) bond motifs is 2. The van der Waals surface area contributed by atoms with Gasteiger partial charge < -0.3 is 9.50 Å². The fourth-order valence-electron chi connectivity index (χ4n) is 1.86. The topological polar surface area (TPSA) is 55.4 Å². The second-order valence-electron chi connectivity index (χ2n) is 4.14. The summed E-state index contributed by atoms with van der Waals surface area (Å²) in [7, 11) is -3.54. The highest BCUT2D eigenvalue weighted by atomic mass is 32.2. The molecule has 3 rings (SSSR count). The molecule has 2 aromatic carbocycles. The maximum absolute atomic E-state index is 11.3. The van der Waals surface area contributed by atoms with Crippen molar-refractivity contribution in [1.82, 2.24) is 0 Å². The smallest absolute Gasteiger partial charge is 0.306 e. The van der Waals surface area contributed by atoms with Crippen molar-refractivity contribution in [1.29, 1.82) is 0 Å². The van der Waals surface area contributed by atoms with Crippen molar-refractivity contribution in [2.24, 2.45) is 0 Å². The Bertz CT molecular complexity index is 741. The van der Waals surface area contributed by atoms with Crippen LogP contribution in [0.15, 0.2) is 52.3 Å². The molecule has 0 atom stereocenters. The van der Waals surface area contributed by atoms with Crippen LogP contribution >= 0.6 is 11.8 Å². The summed E-state index contributed by atoms with van der Waals surface area (Å²) in [5.74, 6) is 0.321. The first-order valence-corrected chi connectivity index (χ1v) is 8.22. The van der Waals surface area contributed by atoms with Crippen LogP contribution < -0.4 is 9.50 Å². The van der Waals surface area contributed by atoms with Gasteiger partial charge in [-0.15, -0.1) is 0 Å².